The fourth-order valence-electron chi connectivity index (χ4n) is 2.62. The van der Waals surface area contributed by atoms with Gasteiger partial charge in [0.25, 0.3) is 0 Å². The standard InChI is InChI=1S/C18H14O2/c1-2-4-17-14(3-1)7-8-18(20-17)15-6-5-13-9-10-19-12-16(13)11-15/h1-11,18H,12H2. The van der Waals surface area contributed by atoms with Crippen LogP contribution in [0, 0.1) is 0 Å². The summed E-state index contributed by atoms with van der Waals surface area (Å²) in [4.78, 5) is 0. The summed E-state index contributed by atoms with van der Waals surface area (Å²) < 4.78 is 11.4. The zero-order valence-corrected chi connectivity index (χ0v) is 11.0. The molecule has 2 heterocycles. The second-order valence-corrected chi connectivity index (χ2v) is 5.01. The predicted octanol–water partition coefficient (Wildman–Crippen LogP) is 4.33. The van der Waals surface area contributed by atoms with Crippen LogP contribution in [0.15, 0.2) is 54.8 Å². The van der Waals surface area contributed by atoms with Gasteiger partial charge < -0.3 is 9.47 Å². The number of hydrogen-bond donors (Lipinski definition) is 0. The lowest BCUT2D eigenvalue weighted by atomic mass is 9.98. The lowest BCUT2D eigenvalue weighted by molar-refractivity contribution is 0.232. The van der Waals surface area contributed by atoms with E-state index in [-0.39, 0.29) is 6.10 Å². The molecule has 0 saturated heterocycles. The van der Waals surface area contributed by atoms with Crippen molar-refractivity contribution in [1.29, 1.82) is 0 Å². The summed E-state index contributed by atoms with van der Waals surface area (Å²) in [5.74, 6) is 0.939. The van der Waals surface area contributed by atoms with E-state index < -0.39 is 0 Å². The molecule has 0 aliphatic carbocycles. The Kier molecular flexibility index (Phi) is 2.59. The highest BCUT2D eigenvalue weighted by molar-refractivity contribution is 5.61. The zero-order valence-electron chi connectivity index (χ0n) is 11.0. The largest absolute Gasteiger partial charge is 0.496 e. The molecule has 2 aliphatic rings. The predicted molar refractivity (Wildman–Crippen MR) is 79.1 cm³/mol. The first-order valence-corrected chi connectivity index (χ1v) is 6.75. The molecule has 1 unspecified atom stereocenters. The van der Waals surface area contributed by atoms with Crippen LogP contribution in [0.5, 0.6) is 5.75 Å². The quantitative estimate of drug-likeness (QED) is 0.761. The molecule has 1 atom stereocenters. The molecular weight excluding hydrogens is 248 g/mol. The van der Waals surface area contributed by atoms with Crippen molar-refractivity contribution in [1.82, 2.24) is 0 Å². The number of benzene rings is 2. The van der Waals surface area contributed by atoms with E-state index in [4.69, 9.17) is 9.47 Å². The lowest BCUT2D eigenvalue weighted by Crippen LogP contribution is -2.10. The molecule has 0 fully saturated rings. The van der Waals surface area contributed by atoms with E-state index in [1.807, 2.05) is 24.3 Å². The second kappa shape index (κ2) is 4.57. The molecule has 0 spiro atoms. The van der Waals surface area contributed by atoms with Crippen LogP contribution in [-0.2, 0) is 11.3 Å². The van der Waals surface area contributed by atoms with E-state index in [2.05, 4.69) is 36.4 Å². The van der Waals surface area contributed by atoms with Crippen molar-refractivity contribution in [3.05, 3.63) is 77.1 Å². The summed E-state index contributed by atoms with van der Waals surface area (Å²) >= 11 is 0. The summed E-state index contributed by atoms with van der Waals surface area (Å²) in [6.07, 6.45) is 7.94. The highest BCUT2D eigenvalue weighted by Gasteiger charge is 2.17. The minimum Gasteiger partial charge on any atom is -0.496 e. The molecule has 0 radical (unpaired) electrons. The van der Waals surface area contributed by atoms with E-state index in [1.54, 1.807) is 6.26 Å². The van der Waals surface area contributed by atoms with Crippen molar-refractivity contribution in [3.63, 3.8) is 0 Å². The minimum atomic E-state index is -0.0268. The third kappa shape index (κ3) is 1.90. The van der Waals surface area contributed by atoms with E-state index in [0.717, 1.165) is 16.9 Å². The van der Waals surface area contributed by atoms with Gasteiger partial charge >= 0.3 is 0 Å². The smallest absolute Gasteiger partial charge is 0.142 e. The number of rotatable bonds is 1. The van der Waals surface area contributed by atoms with Gasteiger partial charge in [-0.25, -0.2) is 0 Å². The normalized spacial score (nSPS) is 18.7. The minimum absolute atomic E-state index is 0.0268. The number of para-hydroxylation sites is 1. The van der Waals surface area contributed by atoms with Crippen LogP contribution >= 0.6 is 0 Å². The Morgan fingerprint density at radius 2 is 1.90 bits per heavy atom. The van der Waals surface area contributed by atoms with E-state index in [1.165, 1.54) is 11.1 Å². The van der Waals surface area contributed by atoms with E-state index >= 15 is 0 Å². The molecule has 0 amide bonds. The summed E-state index contributed by atoms with van der Waals surface area (Å²) in [6.45, 7) is 0.632. The Balaban J connectivity index is 1.68. The van der Waals surface area contributed by atoms with Gasteiger partial charge in [-0.2, -0.15) is 0 Å². The summed E-state index contributed by atoms with van der Waals surface area (Å²) in [6, 6.07) is 14.5. The summed E-state index contributed by atoms with van der Waals surface area (Å²) in [5, 5.41) is 0. The first kappa shape index (κ1) is 11.4. The Morgan fingerprint density at radius 3 is 2.90 bits per heavy atom. The number of ether oxygens (including phenoxy) is 2. The van der Waals surface area contributed by atoms with Crippen molar-refractivity contribution in [2.24, 2.45) is 0 Å². The maximum absolute atomic E-state index is 6.06. The first-order chi connectivity index (χ1) is 9.90. The fraction of sp³-hybridized carbons (Fsp3) is 0.111. The van der Waals surface area contributed by atoms with Gasteiger partial charge in [-0.1, -0.05) is 36.4 Å². The van der Waals surface area contributed by atoms with Gasteiger partial charge in [0.05, 0.1) is 6.26 Å². The Hall–Kier alpha value is -2.48. The summed E-state index contributed by atoms with van der Waals surface area (Å²) in [7, 11) is 0. The van der Waals surface area contributed by atoms with Gasteiger partial charge in [0.1, 0.15) is 18.5 Å². The topological polar surface area (TPSA) is 18.5 Å². The molecule has 0 N–H and O–H groups in total. The monoisotopic (exact) mass is 262 g/mol. The molecule has 2 aromatic carbocycles. The SMILES string of the molecule is C1=Cc2ccc(C3C=Cc4ccccc4O3)cc2CO1. The van der Waals surface area contributed by atoms with Gasteiger partial charge in [-0.3, -0.25) is 0 Å². The van der Waals surface area contributed by atoms with Crippen molar-refractivity contribution >= 4 is 12.2 Å². The molecule has 98 valence electrons. The highest BCUT2D eigenvalue weighted by atomic mass is 16.5. The Labute approximate surface area is 118 Å². The van der Waals surface area contributed by atoms with Crippen molar-refractivity contribution in [3.8, 4) is 5.75 Å². The molecule has 2 heteroatoms. The number of hydrogen-bond acceptors (Lipinski definition) is 2. The first-order valence-electron chi connectivity index (χ1n) is 6.75. The van der Waals surface area contributed by atoms with Gasteiger partial charge in [0.15, 0.2) is 0 Å². The molecule has 4 rings (SSSR count). The molecule has 2 aliphatic heterocycles. The van der Waals surface area contributed by atoms with Crippen LogP contribution in [0.4, 0.5) is 0 Å². The molecule has 0 saturated carbocycles. The van der Waals surface area contributed by atoms with Gasteiger partial charge in [0.2, 0.25) is 0 Å². The van der Waals surface area contributed by atoms with Crippen molar-refractivity contribution in [2.75, 3.05) is 0 Å². The maximum atomic E-state index is 6.06. The summed E-state index contributed by atoms with van der Waals surface area (Å²) in [5.41, 5.74) is 4.72. The average Bonchev–Trinajstić information content (AvgIpc) is 2.54. The lowest BCUT2D eigenvalue weighted by Gasteiger charge is -2.23. The third-order valence-corrected chi connectivity index (χ3v) is 3.70. The fourth-order valence-corrected chi connectivity index (χ4v) is 2.62. The molecule has 2 nitrogen and oxygen atoms in total. The average molecular weight is 262 g/mol. The van der Waals surface area contributed by atoms with Gasteiger partial charge in [0, 0.05) is 5.56 Å². The van der Waals surface area contributed by atoms with E-state index in [0.29, 0.717) is 6.61 Å². The molecule has 0 aromatic heterocycles. The van der Waals surface area contributed by atoms with E-state index in [9.17, 15) is 0 Å². The molecule has 0 bridgehead atoms. The molecule has 2 aromatic rings. The number of fused-ring (bicyclic) bond motifs is 2. The third-order valence-electron chi connectivity index (χ3n) is 3.70. The Morgan fingerprint density at radius 1 is 0.950 bits per heavy atom. The second-order valence-electron chi connectivity index (χ2n) is 5.01. The van der Waals surface area contributed by atoms with Crippen LogP contribution in [-0.4, -0.2) is 0 Å². The van der Waals surface area contributed by atoms with Gasteiger partial charge in [-0.15, -0.1) is 0 Å². The molecular formula is C18H14O2. The zero-order chi connectivity index (χ0) is 13.4. The molecule has 20 heavy (non-hydrogen) atoms. The Bertz CT molecular complexity index is 713. The van der Waals surface area contributed by atoms with Crippen LogP contribution in [0.2, 0.25) is 0 Å². The maximum Gasteiger partial charge on any atom is 0.142 e. The highest BCUT2D eigenvalue weighted by Crippen LogP contribution is 2.33. The van der Waals surface area contributed by atoms with Gasteiger partial charge in [-0.05, 0) is 41.0 Å². The van der Waals surface area contributed by atoms with Crippen molar-refractivity contribution in [2.45, 2.75) is 12.7 Å². The van der Waals surface area contributed by atoms with Crippen LogP contribution < -0.4 is 4.74 Å². The van der Waals surface area contributed by atoms with Crippen LogP contribution in [0.1, 0.15) is 28.4 Å². The van der Waals surface area contributed by atoms with Crippen molar-refractivity contribution < 1.29 is 9.47 Å². The van der Waals surface area contributed by atoms with Crippen LogP contribution in [0.25, 0.3) is 12.2 Å². The van der Waals surface area contributed by atoms with Crippen LogP contribution in [0.3, 0.4) is 0 Å².